The number of carbonyl (C=O) groups is 1. The van der Waals surface area contributed by atoms with Gasteiger partial charge in [0.15, 0.2) is 0 Å². The molecule has 0 bridgehead atoms. The van der Waals surface area contributed by atoms with Crippen molar-refractivity contribution in [3.63, 3.8) is 0 Å². The van der Waals surface area contributed by atoms with E-state index >= 15 is 0 Å². The molecule has 3 heterocycles. The number of aromatic nitrogens is 3. The van der Waals surface area contributed by atoms with Crippen LogP contribution in [0.15, 0.2) is 53.3 Å². The van der Waals surface area contributed by atoms with E-state index in [2.05, 4.69) is 25.3 Å². The maximum atomic E-state index is 12.6. The van der Waals surface area contributed by atoms with E-state index in [0.717, 1.165) is 37.2 Å². The molecule has 1 aliphatic heterocycles. The van der Waals surface area contributed by atoms with Gasteiger partial charge in [-0.2, -0.15) is 4.98 Å². The molecule has 1 amide bonds. The molecule has 0 aliphatic carbocycles. The third-order valence-corrected chi connectivity index (χ3v) is 4.49. The Bertz CT molecular complexity index is 937. The van der Waals surface area contributed by atoms with Crippen LogP contribution in [0.4, 0.5) is 11.4 Å². The predicted octanol–water partition coefficient (Wildman–Crippen LogP) is 3.16. The summed E-state index contributed by atoms with van der Waals surface area (Å²) in [6.07, 6.45) is 5.34. The molecule has 2 aromatic heterocycles. The second-order valence-corrected chi connectivity index (χ2v) is 6.48. The Morgan fingerprint density at radius 1 is 1.21 bits per heavy atom. The van der Waals surface area contributed by atoms with Crippen LogP contribution in [-0.4, -0.2) is 40.2 Å². The van der Waals surface area contributed by atoms with Gasteiger partial charge in [-0.15, -0.1) is 24.8 Å². The van der Waals surface area contributed by atoms with Gasteiger partial charge < -0.3 is 20.5 Å². The summed E-state index contributed by atoms with van der Waals surface area (Å²) in [5.41, 5.74) is 8.33. The van der Waals surface area contributed by atoms with Crippen molar-refractivity contribution in [2.24, 2.45) is 5.73 Å². The molecule has 0 saturated carbocycles. The zero-order chi connectivity index (χ0) is 18.6. The van der Waals surface area contributed by atoms with Crippen LogP contribution in [0.1, 0.15) is 23.5 Å². The molecule has 0 spiro atoms. The number of nitrogens with zero attached hydrogens (tertiary/aromatic N) is 4. The highest BCUT2D eigenvalue weighted by molar-refractivity contribution is 6.03. The van der Waals surface area contributed by atoms with Gasteiger partial charge in [0.2, 0.25) is 0 Å². The van der Waals surface area contributed by atoms with Crippen LogP contribution in [0.3, 0.4) is 0 Å². The summed E-state index contributed by atoms with van der Waals surface area (Å²) in [4.78, 5) is 23.1. The fraction of sp³-hybridized carbons (Fsp3) is 0.263. The van der Waals surface area contributed by atoms with Gasteiger partial charge in [0.05, 0.1) is 17.6 Å². The highest BCUT2D eigenvalue weighted by atomic mass is 35.5. The lowest BCUT2D eigenvalue weighted by molar-refractivity contribution is 0.101. The molecule has 154 valence electrons. The number of hydrogen-bond acceptors (Lipinski definition) is 7. The minimum absolute atomic E-state index is 0. The summed E-state index contributed by atoms with van der Waals surface area (Å²) in [5.74, 6) is -0.176. The smallest absolute Gasteiger partial charge is 0.297 e. The highest BCUT2D eigenvalue weighted by Crippen LogP contribution is 2.27. The van der Waals surface area contributed by atoms with Crippen LogP contribution in [0.2, 0.25) is 0 Å². The monoisotopic (exact) mass is 436 g/mol. The molecule has 3 aromatic rings. The maximum absolute atomic E-state index is 12.6. The van der Waals surface area contributed by atoms with Crippen LogP contribution < -0.4 is 16.0 Å². The number of benzene rings is 1. The molecule has 3 N–H and O–H groups in total. The maximum Gasteiger partial charge on any atom is 0.297 e. The molecule has 1 aliphatic rings. The van der Waals surface area contributed by atoms with Gasteiger partial charge in [-0.3, -0.25) is 9.78 Å². The average molecular weight is 437 g/mol. The molecular weight excluding hydrogens is 415 g/mol. The molecule has 1 fully saturated rings. The number of pyridine rings is 1. The Morgan fingerprint density at radius 2 is 2.00 bits per heavy atom. The topological polar surface area (TPSA) is 110 Å². The Kier molecular flexibility index (Phi) is 7.95. The van der Waals surface area contributed by atoms with E-state index in [9.17, 15) is 4.79 Å². The minimum atomic E-state index is -0.448. The van der Waals surface area contributed by atoms with E-state index in [0.29, 0.717) is 11.6 Å². The molecule has 10 heteroatoms. The summed E-state index contributed by atoms with van der Waals surface area (Å²) in [7, 11) is 0. The van der Waals surface area contributed by atoms with Gasteiger partial charge in [0.1, 0.15) is 0 Å². The van der Waals surface area contributed by atoms with Gasteiger partial charge in [-0.1, -0.05) is 23.4 Å². The summed E-state index contributed by atoms with van der Waals surface area (Å²) in [6, 6.07) is 11.3. The third kappa shape index (κ3) is 5.23. The molecule has 1 atom stereocenters. The second-order valence-electron chi connectivity index (χ2n) is 6.48. The number of nitrogens with one attached hydrogen (secondary N) is 1. The van der Waals surface area contributed by atoms with Crippen LogP contribution in [0.25, 0.3) is 11.5 Å². The van der Waals surface area contributed by atoms with Gasteiger partial charge in [0, 0.05) is 30.9 Å². The third-order valence-electron chi connectivity index (χ3n) is 4.49. The Hall–Kier alpha value is -2.68. The average Bonchev–Trinajstić information content (AvgIpc) is 3.19. The fourth-order valence-electron chi connectivity index (χ4n) is 3.18. The van der Waals surface area contributed by atoms with Crippen molar-refractivity contribution in [2.75, 3.05) is 23.3 Å². The molecule has 0 unspecified atom stereocenters. The highest BCUT2D eigenvalue weighted by Gasteiger charge is 2.22. The van der Waals surface area contributed by atoms with Gasteiger partial charge in [-0.05, 0) is 31.0 Å². The van der Waals surface area contributed by atoms with Crippen LogP contribution in [0, 0.1) is 0 Å². The lowest BCUT2D eigenvalue weighted by Crippen LogP contribution is -2.43. The first-order chi connectivity index (χ1) is 13.2. The van der Waals surface area contributed by atoms with E-state index in [-0.39, 0.29) is 36.7 Å². The lowest BCUT2D eigenvalue weighted by atomic mass is 10.1. The zero-order valence-electron chi connectivity index (χ0n) is 15.5. The van der Waals surface area contributed by atoms with E-state index in [4.69, 9.17) is 10.3 Å². The normalized spacial score (nSPS) is 15.8. The summed E-state index contributed by atoms with van der Waals surface area (Å²) in [6.45, 7) is 1.63. The number of rotatable bonds is 4. The van der Waals surface area contributed by atoms with Crippen molar-refractivity contribution in [3.8, 4) is 11.5 Å². The van der Waals surface area contributed by atoms with Crippen LogP contribution in [0.5, 0.6) is 0 Å². The Morgan fingerprint density at radius 3 is 2.76 bits per heavy atom. The van der Waals surface area contributed by atoms with E-state index in [1.54, 1.807) is 12.4 Å². The van der Waals surface area contributed by atoms with Crippen LogP contribution in [-0.2, 0) is 0 Å². The van der Waals surface area contributed by atoms with Crippen molar-refractivity contribution in [1.82, 2.24) is 15.1 Å². The van der Waals surface area contributed by atoms with Crippen LogP contribution >= 0.6 is 24.8 Å². The quantitative estimate of drug-likeness (QED) is 0.645. The number of halogens is 2. The molecule has 1 aromatic carbocycles. The molecule has 1 saturated heterocycles. The number of amides is 1. The van der Waals surface area contributed by atoms with E-state index in [1.807, 2.05) is 36.4 Å². The van der Waals surface area contributed by atoms with E-state index < -0.39 is 5.91 Å². The summed E-state index contributed by atoms with van der Waals surface area (Å²) < 4.78 is 5.21. The molecule has 4 rings (SSSR count). The molecule has 8 nitrogen and oxygen atoms in total. The Labute approximate surface area is 180 Å². The van der Waals surface area contributed by atoms with Crippen molar-refractivity contribution in [1.29, 1.82) is 0 Å². The number of hydrogen-bond donors (Lipinski definition) is 2. The first-order valence-corrected chi connectivity index (χ1v) is 8.86. The lowest BCUT2D eigenvalue weighted by Gasteiger charge is -2.33. The number of nitrogens with two attached hydrogens (primary N) is 1. The first-order valence-electron chi connectivity index (χ1n) is 8.86. The molecular formula is C19H22Cl2N6O2. The minimum Gasteiger partial charge on any atom is -0.368 e. The second kappa shape index (κ2) is 10.2. The summed E-state index contributed by atoms with van der Waals surface area (Å²) >= 11 is 0. The molecule has 0 radical (unpaired) electrons. The van der Waals surface area contributed by atoms with Crippen molar-refractivity contribution >= 4 is 42.1 Å². The van der Waals surface area contributed by atoms with Gasteiger partial charge in [-0.25, -0.2) is 0 Å². The van der Waals surface area contributed by atoms with Crippen molar-refractivity contribution in [2.45, 2.75) is 18.9 Å². The predicted molar refractivity (Wildman–Crippen MR) is 116 cm³/mol. The number of piperidine rings is 1. The SMILES string of the molecule is Cl.Cl.N[C@H]1CCCN(c2ccncc2NC(=O)c2noc(-c3ccccc3)n2)C1. The summed E-state index contributed by atoms with van der Waals surface area (Å²) in [5, 5.41) is 6.63. The largest absolute Gasteiger partial charge is 0.368 e. The fourth-order valence-corrected chi connectivity index (χ4v) is 3.18. The van der Waals surface area contributed by atoms with E-state index in [1.165, 1.54) is 0 Å². The number of anilines is 2. The van der Waals surface area contributed by atoms with Crippen molar-refractivity contribution in [3.05, 3.63) is 54.6 Å². The number of carbonyl (C=O) groups excluding carboxylic acids is 1. The Balaban J connectivity index is 0.00000150. The zero-order valence-corrected chi connectivity index (χ0v) is 17.2. The van der Waals surface area contributed by atoms with Gasteiger partial charge >= 0.3 is 0 Å². The van der Waals surface area contributed by atoms with Gasteiger partial charge in [0.25, 0.3) is 17.6 Å². The van der Waals surface area contributed by atoms with Crippen molar-refractivity contribution < 1.29 is 9.32 Å². The standard InChI is InChI=1S/C19H20N6O2.2ClH/c20-14-7-4-10-25(12-14)16-8-9-21-11-15(16)22-18(26)17-23-19(27-24-17)13-5-2-1-3-6-13;;/h1-3,5-6,8-9,11,14H,4,7,10,12,20H2,(H,22,26);2*1H/t14-;;/m0../s1. The molecule has 29 heavy (non-hydrogen) atoms. The first kappa shape index (κ1) is 22.6.